The van der Waals surface area contributed by atoms with Gasteiger partial charge in [0, 0.05) is 32.0 Å². The molecule has 3 rings (SSSR count). The second kappa shape index (κ2) is 7.32. The summed E-state index contributed by atoms with van der Waals surface area (Å²) in [7, 11) is 0. The molecule has 0 atom stereocenters. The zero-order valence-electron chi connectivity index (χ0n) is 14.4. The Kier molecular flexibility index (Phi) is 5.17. The van der Waals surface area contributed by atoms with Crippen molar-refractivity contribution in [1.29, 1.82) is 0 Å². The summed E-state index contributed by atoms with van der Waals surface area (Å²) >= 11 is 6.18. The first-order valence-corrected chi connectivity index (χ1v) is 8.66. The van der Waals surface area contributed by atoms with Crippen molar-refractivity contribution in [1.82, 2.24) is 19.3 Å². The minimum Gasteiger partial charge on any atom is -0.301 e. The molecule has 24 heavy (non-hydrogen) atoms. The second-order valence-electron chi connectivity index (χ2n) is 6.60. The summed E-state index contributed by atoms with van der Waals surface area (Å²) in [6.45, 7) is 9.19. The van der Waals surface area contributed by atoms with E-state index in [1.165, 1.54) is 5.69 Å². The van der Waals surface area contributed by atoms with Crippen molar-refractivity contribution in [3.05, 3.63) is 64.8 Å². The second-order valence-corrected chi connectivity index (χ2v) is 7.04. The number of hydrogen-bond donors (Lipinski definition) is 0. The summed E-state index contributed by atoms with van der Waals surface area (Å²) in [6.07, 6.45) is 3.79. The summed E-state index contributed by atoms with van der Waals surface area (Å²) in [5.41, 5.74) is 4.26. The molecule has 0 fully saturated rings. The van der Waals surface area contributed by atoms with Gasteiger partial charge in [-0.3, -0.25) is 9.88 Å². The maximum absolute atomic E-state index is 6.18. The van der Waals surface area contributed by atoms with Gasteiger partial charge in [0.05, 0.1) is 22.1 Å². The van der Waals surface area contributed by atoms with Crippen LogP contribution in [0.4, 0.5) is 0 Å². The zero-order chi connectivity index (χ0) is 17.1. The predicted octanol–water partition coefficient (Wildman–Crippen LogP) is 4.35. The molecular formula is C19H23ClN4. The van der Waals surface area contributed by atoms with Crippen molar-refractivity contribution in [2.45, 2.75) is 33.9 Å². The van der Waals surface area contributed by atoms with Crippen LogP contribution in [0.2, 0.25) is 5.02 Å². The highest BCUT2D eigenvalue weighted by Crippen LogP contribution is 2.19. The average Bonchev–Trinajstić information content (AvgIpc) is 2.83. The van der Waals surface area contributed by atoms with Gasteiger partial charge >= 0.3 is 0 Å². The smallest absolute Gasteiger partial charge is 0.137 e. The predicted molar refractivity (Wildman–Crippen MR) is 98.1 cm³/mol. The minimum atomic E-state index is 0.580. The fraction of sp³-hybridized carbons (Fsp3) is 0.368. The van der Waals surface area contributed by atoms with Crippen molar-refractivity contribution in [2.24, 2.45) is 5.92 Å². The van der Waals surface area contributed by atoms with E-state index in [1.54, 1.807) is 0 Å². The highest BCUT2D eigenvalue weighted by Gasteiger charge is 2.15. The van der Waals surface area contributed by atoms with E-state index in [9.17, 15) is 0 Å². The van der Waals surface area contributed by atoms with Crippen LogP contribution in [-0.2, 0) is 13.1 Å². The maximum Gasteiger partial charge on any atom is 0.137 e. The van der Waals surface area contributed by atoms with Crippen molar-refractivity contribution in [2.75, 3.05) is 6.54 Å². The molecule has 0 N–H and O–H groups in total. The molecule has 0 aliphatic rings. The lowest BCUT2D eigenvalue weighted by atomic mass is 10.2. The molecule has 0 bridgehead atoms. The van der Waals surface area contributed by atoms with Gasteiger partial charge in [-0.15, -0.1) is 0 Å². The van der Waals surface area contributed by atoms with Crippen LogP contribution in [0.3, 0.4) is 0 Å². The molecule has 3 aromatic heterocycles. The number of rotatable bonds is 6. The van der Waals surface area contributed by atoms with E-state index in [-0.39, 0.29) is 0 Å². The number of aryl methyl sites for hydroxylation is 1. The molecule has 0 radical (unpaired) electrons. The Morgan fingerprint density at radius 3 is 2.71 bits per heavy atom. The van der Waals surface area contributed by atoms with Crippen LogP contribution in [0.5, 0.6) is 0 Å². The number of pyridine rings is 2. The van der Waals surface area contributed by atoms with Crippen molar-refractivity contribution < 1.29 is 0 Å². The van der Waals surface area contributed by atoms with Gasteiger partial charge in [0.25, 0.3) is 0 Å². The number of halogens is 1. The number of hydrogen-bond acceptors (Lipinski definition) is 3. The van der Waals surface area contributed by atoms with Crippen LogP contribution in [0.25, 0.3) is 5.65 Å². The molecule has 0 unspecified atom stereocenters. The Balaban J connectivity index is 1.89. The SMILES string of the molecule is Cc1nc2ccc(Cl)cn2c1CN(Cc1ccccn1)CC(C)C. The van der Waals surface area contributed by atoms with Gasteiger partial charge in [-0.25, -0.2) is 4.98 Å². The molecule has 126 valence electrons. The monoisotopic (exact) mass is 342 g/mol. The van der Waals surface area contributed by atoms with Crippen molar-refractivity contribution in [3.63, 3.8) is 0 Å². The number of aromatic nitrogens is 3. The lowest BCUT2D eigenvalue weighted by Crippen LogP contribution is -2.28. The van der Waals surface area contributed by atoms with E-state index in [0.717, 1.165) is 41.7 Å². The van der Waals surface area contributed by atoms with E-state index in [1.807, 2.05) is 36.7 Å². The topological polar surface area (TPSA) is 33.4 Å². The van der Waals surface area contributed by atoms with Crippen molar-refractivity contribution >= 4 is 17.2 Å². The van der Waals surface area contributed by atoms with E-state index in [0.29, 0.717) is 5.92 Å². The fourth-order valence-corrected chi connectivity index (χ4v) is 3.17. The van der Waals surface area contributed by atoms with E-state index >= 15 is 0 Å². The first-order chi connectivity index (χ1) is 11.5. The molecule has 0 aliphatic carbocycles. The lowest BCUT2D eigenvalue weighted by molar-refractivity contribution is 0.221. The Labute approximate surface area is 148 Å². The molecule has 3 aromatic rings. The van der Waals surface area contributed by atoms with Gasteiger partial charge in [-0.2, -0.15) is 0 Å². The zero-order valence-corrected chi connectivity index (χ0v) is 15.2. The highest BCUT2D eigenvalue weighted by molar-refractivity contribution is 6.30. The van der Waals surface area contributed by atoms with Gasteiger partial charge in [-0.05, 0) is 37.1 Å². The van der Waals surface area contributed by atoms with Gasteiger partial charge in [-0.1, -0.05) is 31.5 Å². The van der Waals surface area contributed by atoms with E-state index in [2.05, 4.69) is 46.1 Å². The van der Waals surface area contributed by atoms with Gasteiger partial charge in [0.1, 0.15) is 5.65 Å². The maximum atomic E-state index is 6.18. The summed E-state index contributed by atoms with van der Waals surface area (Å²) in [4.78, 5) is 11.5. The minimum absolute atomic E-state index is 0.580. The quantitative estimate of drug-likeness (QED) is 0.667. The van der Waals surface area contributed by atoms with Crippen LogP contribution < -0.4 is 0 Å². The van der Waals surface area contributed by atoms with Gasteiger partial charge < -0.3 is 4.40 Å². The molecule has 0 spiro atoms. The molecular weight excluding hydrogens is 320 g/mol. The van der Waals surface area contributed by atoms with E-state index in [4.69, 9.17) is 11.6 Å². The molecule has 0 saturated heterocycles. The molecule has 0 aromatic carbocycles. The molecule has 3 heterocycles. The lowest BCUT2D eigenvalue weighted by Gasteiger charge is -2.24. The average molecular weight is 343 g/mol. The number of nitrogens with zero attached hydrogens (tertiary/aromatic N) is 4. The van der Waals surface area contributed by atoms with Crippen LogP contribution in [0.15, 0.2) is 42.7 Å². The third kappa shape index (κ3) is 3.94. The normalized spacial score (nSPS) is 11.8. The summed E-state index contributed by atoms with van der Waals surface area (Å²) in [6, 6.07) is 9.91. The Morgan fingerprint density at radius 2 is 2.00 bits per heavy atom. The van der Waals surface area contributed by atoms with Crippen molar-refractivity contribution in [3.8, 4) is 0 Å². The van der Waals surface area contributed by atoms with Crippen LogP contribution in [0.1, 0.15) is 30.9 Å². The molecule has 4 nitrogen and oxygen atoms in total. The number of imidazole rings is 1. The summed E-state index contributed by atoms with van der Waals surface area (Å²) < 4.78 is 2.10. The standard InChI is InChI=1S/C19H23ClN4/c1-14(2)10-23(12-17-6-4-5-9-21-17)13-18-15(3)22-19-8-7-16(20)11-24(18)19/h4-9,11,14H,10,12-13H2,1-3H3. The highest BCUT2D eigenvalue weighted by atomic mass is 35.5. The largest absolute Gasteiger partial charge is 0.301 e. The Bertz CT molecular complexity index is 811. The third-order valence-electron chi connectivity index (χ3n) is 3.99. The first kappa shape index (κ1) is 16.9. The Morgan fingerprint density at radius 1 is 1.17 bits per heavy atom. The van der Waals surface area contributed by atoms with Crippen LogP contribution in [0, 0.1) is 12.8 Å². The summed E-state index contributed by atoms with van der Waals surface area (Å²) in [5, 5.41) is 0.723. The molecule has 0 aliphatic heterocycles. The van der Waals surface area contributed by atoms with Gasteiger partial charge in [0.2, 0.25) is 0 Å². The molecule has 0 saturated carbocycles. The molecule has 0 amide bonds. The fourth-order valence-electron chi connectivity index (χ4n) is 3.01. The van der Waals surface area contributed by atoms with Gasteiger partial charge in [0.15, 0.2) is 0 Å². The summed E-state index contributed by atoms with van der Waals surface area (Å²) in [5.74, 6) is 0.580. The Hall–Kier alpha value is -1.91. The van der Waals surface area contributed by atoms with Crippen LogP contribution in [-0.4, -0.2) is 25.8 Å². The van der Waals surface area contributed by atoms with Crippen LogP contribution >= 0.6 is 11.6 Å². The van der Waals surface area contributed by atoms with E-state index < -0.39 is 0 Å². The third-order valence-corrected chi connectivity index (χ3v) is 4.21. The molecule has 5 heteroatoms. The first-order valence-electron chi connectivity index (χ1n) is 8.28. The number of fused-ring (bicyclic) bond motifs is 1.